The third kappa shape index (κ3) is 1.90. The summed E-state index contributed by atoms with van der Waals surface area (Å²) in [7, 11) is 1.36. The van der Waals surface area contributed by atoms with Gasteiger partial charge in [0, 0.05) is 7.05 Å². The molecule has 0 saturated heterocycles. The molecular weight excluding hydrogens is 244 g/mol. The van der Waals surface area contributed by atoms with Crippen molar-refractivity contribution in [2.45, 2.75) is 0 Å². The van der Waals surface area contributed by atoms with Crippen LogP contribution in [0.4, 0.5) is 4.79 Å². The van der Waals surface area contributed by atoms with Crippen LogP contribution >= 0.6 is 0 Å². The van der Waals surface area contributed by atoms with Crippen LogP contribution in [-0.4, -0.2) is 25.9 Å². The van der Waals surface area contributed by atoms with Gasteiger partial charge in [0.05, 0.1) is 6.26 Å². The minimum Gasteiger partial charge on any atom is -0.499 e. The molecule has 0 radical (unpaired) electrons. The standard InChI is InChI=1S/C10H8N2O6/c1-12-7(5-3-2-4-17-5)11-8(18-10(15)16)6(13)9(12)14/h2-4,13H,1H3,(H,15,16). The van der Waals surface area contributed by atoms with Crippen molar-refractivity contribution in [3.05, 3.63) is 28.7 Å². The van der Waals surface area contributed by atoms with Crippen molar-refractivity contribution in [3.63, 3.8) is 0 Å². The molecule has 8 nitrogen and oxygen atoms in total. The highest BCUT2D eigenvalue weighted by Crippen LogP contribution is 2.24. The molecule has 0 atom stereocenters. The molecule has 8 heteroatoms. The Labute approximate surface area is 99.7 Å². The largest absolute Gasteiger partial charge is 0.512 e. The molecule has 0 fully saturated rings. The van der Waals surface area contributed by atoms with Gasteiger partial charge in [-0.2, -0.15) is 4.98 Å². The Morgan fingerprint density at radius 3 is 2.83 bits per heavy atom. The van der Waals surface area contributed by atoms with Gasteiger partial charge in [-0.3, -0.25) is 9.36 Å². The summed E-state index contributed by atoms with van der Waals surface area (Å²) in [4.78, 5) is 25.8. The van der Waals surface area contributed by atoms with E-state index in [2.05, 4.69) is 9.72 Å². The van der Waals surface area contributed by atoms with E-state index in [1.807, 2.05) is 0 Å². The molecule has 2 N–H and O–H groups in total. The lowest BCUT2D eigenvalue weighted by atomic mass is 10.4. The summed E-state index contributed by atoms with van der Waals surface area (Å²) in [6, 6.07) is 3.11. The maximum absolute atomic E-state index is 11.6. The number of carbonyl (C=O) groups is 1. The first kappa shape index (κ1) is 11.7. The third-order valence-electron chi connectivity index (χ3n) is 2.16. The number of carboxylic acid groups (broad SMARTS) is 1. The summed E-state index contributed by atoms with van der Waals surface area (Å²) in [5.41, 5.74) is -0.840. The van der Waals surface area contributed by atoms with Crippen molar-refractivity contribution >= 4 is 6.16 Å². The summed E-state index contributed by atoms with van der Waals surface area (Å²) in [6.07, 6.45) is -0.317. The van der Waals surface area contributed by atoms with Gasteiger partial charge < -0.3 is 19.4 Å². The second-order valence-electron chi connectivity index (χ2n) is 3.30. The number of rotatable bonds is 2. The fourth-order valence-electron chi connectivity index (χ4n) is 1.35. The van der Waals surface area contributed by atoms with Crippen LogP contribution in [0.15, 0.2) is 27.6 Å². The molecule has 2 aromatic rings. The summed E-state index contributed by atoms with van der Waals surface area (Å²) in [5.74, 6) is -1.28. The Hall–Kier alpha value is -2.77. The average Bonchev–Trinajstić information content (AvgIpc) is 2.83. The number of aromatic nitrogens is 2. The zero-order valence-electron chi connectivity index (χ0n) is 9.15. The topological polar surface area (TPSA) is 115 Å². The van der Waals surface area contributed by atoms with Gasteiger partial charge in [0.2, 0.25) is 5.75 Å². The Morgan fingerprint density at radius 1 is 1.56 bits per heavy atom. The molecule has 0 saturated carbocycles. The normalized spacial score (nSPS) is 10.3. The van der Waals surface area contributed by atoms with Crippen LogP contribution in [0.2, 0.25) is 0 Å². The van der Waals surface area contributed by atoms with E-state index < -0.39 is 23.3 Å². The molecule has 0 aliphatic heterocycles. The minimum absolute atomic E-state index is 0.0408. The highest BCUT2D eigenvalue weighted by Gasteiger charge is 2.19. The Bertz CT molecular complexity index is 643. The molecule has 2 rings (SSSR count). The predicted molar refractivity (Wildman–Crippen MR) is 57.5 cm³/mol. The summed E-state index contributed by atoms with van der Waals surface area (Å²) < 4.78 is 10.3. The predicted octanol–water partition coefficient (Wildman–Crippen LogP) is 0.803. The molecule has 0 amide bonds. The van der Waals surface area contributed by atoms with Crippen molar-refractivity contribution < 1.29 is 24.2 Å². The van der Waals surface area contributed by atoms with E-state index in [1.165, 1.54) is 19.4 Å². The van der Waals surface area contributed by atoms with Crippen molar-refractivity contribution in [1.29, 1.82) is 0 Å². The molecule has 94 valence electrons. The number of furan rings is 1. The molecule has 0 spiro atoms. The van der Waals surface area contributed by atoms with E-state index in [1.54, 1.807) is 6.07 Å². The van der Waals surface area contributed by atoms with Crippen LogP contribution in [0.5, 0.6) is 11.6 Å². The maximum Gasteiger partial charge on any atom is 0.512 e. The SMILES string of the molecule is Cn1c(-c2ccco2)nc(OC(=O)O)c(O)c1=O. The highest BCUT2D eigenvalue weighted by molar-refractivity contribution is 5.62. The number of nitrogens with zero attached hydrogens (tertiary/aromatic N) is 2. The Balaban J connectivity index is 2.65. The minimum atomic E-state index is -1.68. The smallest absolute Gasteiger partial charge is 0.499 e. The van der Waals surface area contributed by atoms with E-state index in [4.69, 9.17) is 9.52 Å². The van der Waals surface area contributed by atoms with E-state index in [-0.39, 0.29) is 11.6 Å². The van der Waals surface area contributed by atoms with Gasteiger partial charge in [0.25, 0.3) is 11.4 Å². The molecule has 0 bridgehead atoms. The van der Waals surface area contributed by atoms with Gasteiger partial charge in [0.1, 0.15) is 0 Å². The van der Waals surface area contributed by atoms with Gasteiger partial charge in [-0.25, -0.2) is 4.79 Å². The number of aromatic hydroxyl groups is 1. The summed E-state index contributed by atoms with van der Waals surface area (Å²) >= 11 is 0. The van der Waals surface area contributed by atoms with Crippen molar-refractivity contribution in [2.75, 3.05) is 0 Å². The molecular formula is C10H8N2O6. The molecule has 0 aliphatic carbocycles. The van der Waals surface area contributed by atoms with Gasteiger partial charge in [-0.15, -0.1) is 0 Å². The molecule has 0 aromatic carbocycles. The van der Waals surface area contributed by atoms with Crippen molar-refractivity contribution in [1.82, 2.24) is 9.55 Å². The first-order valence-corrected chi connectivity index (χ1v) is 4.75. The van der Waals surface area contributed by atoms with Crippen LogP contribution in [0, 0.1) is 0 Å². The van der Waals surface area contributed by atoms with Crippen LogP contribution in [0.1, 0.15) is 0 Å². The molecule has 2 heterocycles. The highest BCUT2D eigenvalue weighted by atomic mass is 16.7. The Kier molecular flexibility index (Phi) is 2.76. The fourth-order valence-corrected chi connectivity index (χ4v) is 1.35. The van der Waals surface area contributed by atoms with E-state index in [0.717, 1.165) is 4.57 Å². The number of ether oxygens (including phenoxy) is 1. The molecule has 18 heavy (non-hydrogen) atoms. The second kappa shape index (κ2) is 4.24. The van der Waals surface area contributed by atoms with Gasteiger partial charge in [-0.05, 0) is 12.1 Å². The zero-order chi connectivity index (χ0) is 13.3. The van der Waals surface area contributed by atoms with Crippen LogP contribution in [-0.2, 0) is 7.05 Å². The van der Waals surface area contributed by atoms with Gasteiger partial charge in [-0.1, -0.05) is 0 Å². The van der Waals surface area contributed by atoms with Gasteiger partial charge in [0.15, 0.2) is 11.6 Å². The summed E-state index contributed by atoms with van der Waals surface area (Å²) in [6.45, 7) is 0. The van der Waals surface area contributed by atoms with Crippen molar-refractivity contribution in [3.8, 4) is 23.2 Å². The number of hydrogen-bond donors (Lipinski definition) is 2. The lowest BCUT2D eigenvalue weighted by Gasteiger charge is -2.08. The molecule has 0 unspecified atom stereocenters. The first-order chi connectivity index (χ1) is 8.50. The van der Waals surface area contributed by atoms with E-state index >= 15 is 0 Å². The van der Waals surface area contributed by atoms with Crippen LogP contribution < -0.4 is 10.3 Å². The fraction of sp³-hybridized carbons (Fsp3) is 0.100. The lowest BCUT2D eigenvalue weighted by Crippen LogP contribution is -2.21. The molecule has 0 aliphatic rings. The van der Waals surface area contributed by atoms with Crippen LogP contribution in [0.25, 0.3) is 11.6 Å². The summed E-state index contributed by atoms with van der Waals surface area (Å²) in [5, 5.41) is 17.9. The first-order valence-electron chi connectivity index (χ1n) is 4.75. The zero-order valence-corrected chi connectivity index (χ0v) is 9.15. The lowest BCUT2D eigenvalue weighted by molar-refractivity contribution is 0.140. The van der Waals surface area contributed by atoms with E-state index in [9.17, 15) is 14.7 Å². The monoisotopic (exact) mass is 252 g/mol. The Morgan fingerprint density at radius 2 is 2.28 bits per heavy atom. The van der Waals surface area contributed by atoms with E-state index in [0.29, 0.717) is 0 Å². The second-order valence-corrected chi connectivity index (χ2v) is 3.30. The van der Waals surface area contributed by atoms with Crippen molar-refractivity contribution in [2.24, 2.45) is 7.05 Å². The molecule has 2 aromatic heterocycles. The van der Waals surface area contributed by atoms with Crippen LogP contribution in [0.3, 0.4) is 0 Å². The number of hydrogen-bond acceptors (Lipinski definition) is 6. The average molecular weight is 252 g/mol. The maximum atomic E-state index is 11.6. The quantitative estimate of drug-likeness (QED) is 0.759. The third-order valence-corrected chi connectivity index (χ3v) is 2.16. The van der Waals surface area contributed by atoms with Gasteiger partial charge >= 0.3 is 6.16 Å².